The van der Waals surface area contributed by atoms with Crippen molar-refractivity contribution < 1.29 is 0 Å². The number of nitrogens with zero attached hydrogens (tertiary/aromatic N) is 2. The quantitative estimate of drug-likeness (QED) is 0.789. The fourth-order valence-corrected chi connectivity index (χ4v) is 3.39. The Bertz CT molecular complexity index is 212. The molecule has 0 aromatic heterocycles. The van der Waals surface area contributed by atoms with Crippen LogP contribution in [-0.2, 0) is 0 Å². The summed E-state index contributed by atoms with van der Waals surface area (Å²) in [4.78, 5) is 5.19. The zero-order valence-corrected chi connectivity index (χ0v) is 11.6. The van der Waals surface area contributed by atoms with Crippen LogP contribution in [0.2, 0.25) is 0 Å². The minimum absolute atomic E-state index is 0.721. The Morgan fingerprint density at radius 2 is 1.53 bits per heavy atom. The van der Waals surface area contributed by atoms with Crippen LogP contribution in [0.25, 0.3) is 0 Å². The summed E-state index contributed by atoms with van der Waals surface area (Å²) in [6.45, 7) is 5.01. The summed E-state index contributed by atoms with van der Waals surface area (Å²) in [5.74, 6) is 0. The summed E-state index contributed by atoms with van der Waals surface area (Å²) in [6.07, 6.45) is 8.49. The van der Waals surface area contributed by atoms with Gasteiger partial charge in [-0.2, -0.15) is 0 Å². The summed E-state index contributed by atoms with van der Waals surface area (Å²) in [6, 6.07) is 1.51. The van der Waals surface area contributed by atoms with E-state index in [0.717, 1.165) is 12.1 Å². The Morgan fingerprint density at radius 3 is 2.18 bits per heavy atom. The van der Waals surface area contributed by atoms with Gasteiger partial charge in [0.1, 0.15) is 0 Å². The number of hydrogen-bond acceptors (Lipinski definition) is 3. The average Bonchev–Trinajstić information content (AvgIpc) is 2.31. The van der Waals surface area contributed by atoms with E-state index in [9.17, 15) is 0 Å². The van der Waals surface area contributed by atoms with Crippen molar-refractivity contribution in [2.45, 2.75) is 50.6 Å². The van der Waals surface area contributed by atoms with Crippen molar-refractivity contribution in [1.82, 2.24) is 15.1 Å². The molecule has 1 aliphatic carbocycles. The van der Waals surface area contributed by atoms with Crippen molar-refractivity contribution in [2.75, 3.05) is 40.3 Å². The SMILES string of the molecule is CNC1CCCCCCC1N1CCN(C)CC1. The molecule has 1 saturated carbocycles. The molecule has 1 N–H and O–H groups in total. The molecule has 1 heterocycles. The summed E-state index contributed by atoms with van der Waals surface area (Å²) in [5.41, 5.74) is 0. The van der Waals surface area contributed by atoms with Crippen molar-refractivity contribution >= 4 is 0 Å². The van der Waals surface area contributed by atoms with Crippen LogP contribution in [0.3, 0.4) is 0 Å². The third-order valence-corrected chi connectivity index (χ3v) is 4.61. The molecule has 3 heteroatoms. The van der Waals surface area contributed by atoms with E-state index in [4.69, 9.17) is 0 Å². The number of nitrogens with one attached hydrogen (secondary N) is 1. The molecule has 0 aromatic rings. The van der Waals surface area contributed by atoms with E-state index in [1.807, 2.05) is 0 Å². The lowest BCUT2D eigenvalue weighted by Crippen LogP contribution is -2.55. The Labute approximate surface area is 107 Å². The molecule has 3 nitrogen and oxygen atoms in total. The van der Waals surface area contributed by atoms with Gasteiger partial charge in [-0.3, -0.25) is 4.90 Å². The van der Waals surface area contributed by atoms with Gasteiger partial charge >= 0.3 is 0 Å². The highest BCUT2D eigenvalue weighted by molar-refractivity contribution is 4.87. The van der Waals surface area contributed by atoms with Gasteiger partial charge in [0.05, 0.1) is 0 Å². The zero-order chi connectivity index (χ0) is 12.1. The van der Waals surface area contributed by atoms with Gasteiger partial charge in [-0.1, -0.05) is 25.7 Å². The monoisotopic (exact) mass is 239 g/mol. The van der Waals surface area contributed by atoms with Crippen LogP contribution in [0.5, 0.6) is 0 Å². The number of likely N-dealkylation sites (N-methyl/N-ethyl adjacent to an activating group) is 2. The van der Waals surface area contributed by atoms with Crippen LogP contribution in [-0.4, -0.2) is 62.2 Å². The Balaban J connectivity index is 1.93. The standard InChI is InChI=1S/C14H29N3/c1-15-13-7-5-3-4-6-8-14(13)17-11-9-16(2)10-12-17/h13-15H,3-12H2,1-2H3. The van der Waals surface area contributed by atoms with Gasteiger partial charge in [0, 0.05) is 38.3 Å². The van der Waals surface area contributed by atoms with Crippen molar-refractivity contribution in [2.24, 2.45) is 0 Å². The molecular formula is C14H29N3. The maximum atomic E-state index is 3.58. The van der Waals surface area contributed by atoms with Gasteiger partial charge in [-0.05, 0) is 26.9 Å². The molecule has 1 saturated heterocycles. The van der Waals surface area contributed by atoms with Crippen LogP contribution < -0.4 is 5.32 Å². The smallest absolute Gasteiger partial charge is 0.0250 e. The number of piperazine rings is 1. The Kier molecular flexibility index (Phi) is 5.26. The Morgan fingerprint density at radius 1 is 0.882 bits per heavy atom. The van der Waals surface area contributed by atoms with Crippen LogP contribution in [0.1, 0.15) is 38.5 Å². The number of rotatable bonds is 2. The predicted molar refractivity (Wildman–Crippen MR) is 73.4 cm³/mol. The molecule has 17 heavy (non-hydrogen) atoms. The summed E-state index contributed by atoms with van der Waals surface area (Å²) in [7, 11) is 4.39. The van der Waals surface area contributed by atoms with Crippen molar-refractivity contribution in [1.29, 1.82) is 0 Å². The van der Waals surface area contributed by atoms with Crippen molar-refractivity contribution in [3.05, 3.63) is 0 Å². The molecular weight excluding hydrogens is 210 g/mol. The van der Waals surface area contributed by atoms with Gasteiger partial charge in [-0.15, -0.1) is 0 Å². The normalized spacial score (nSPS) is 34.2. The molecule has 2 rings (SSSR count). The largest absolute Gasteiger partial charge is 0.315 e. The first-order valence-electron chi connectivity index (χ1n) is 7.41. The fraction of sp³-hybridized carbons (Fsp3) is 1.00. The molecule has 2 fully saturated rings. The second-order valence-electron chi connectivity index (χ2n) is 5.79. The highest BCUT2D eigenvalue weighted by Crippen LogP contribution is 2.22. The van der Waals surface area contributed by atoms with Gasteiger partial charge in [0.2, 0.25) is 0 Å². The first-order chi connectivity index (χ1) is 8.31. The molecule has 2 unspecified atom stereocenters. The molecule has 2 atom stereocenters. The lowest BCUT2D eigenvalue weighted by atomic mass is 9.91. The topological polar surface area (TPSA) is 18.5 Å². The second kappa shape index (κ2) is 6.72. The van der Waals surface area contributed by atoms with E-state index in [2.05, 4.69) is 29.2 Å². The number of hydrogen-bond donors (Lipinski definition) is 1. The van der Waals surface area contributed by atoms with Gasteiger partial charge in [-0.25, -0.2) is 0 Å². The van der Waals surface area contributed by atoms with Crippen molar-refractivity contribution in [3.8, 4) is 0 Å². The highest BCUT2D eigenvalue weighted by atomic mass is 15.3. The zero-order valence-electron chi connectivity index (χ0n) is 11.6. The minimum Gasteiger partial charge on any atom is -0.315 e. The lowest BCUT2D eigenvalue weighted by Gasteiger charge is -2.42. The first-order valence-corrected chi connectivity index (χ1v) is 7.41. The van der Waals surface area contributed by atoms with Gasteiger partial charge in [0.25, 0.3) is 0 Å². The van der Waals surface area contributed by atoms with Crippen LogP contribution in [0, 0.1) is 0 Å². The lowest BCUT2D eigenvalue weighted by molar-refractivity contribution is 0.0801. The summed E-state index contributed by atoms with van der Waals surface area (Å²) >= 11 is 0. The third-order valence-electron chi connectivity index (χ3n) is 4.61. The molecule has 0 bridgehead atoms. The van der Waals surface area contributed by atoms with E-state index in [1.54, 1.807) is 0 Å². The van der Waals surface area contributed by atoms with Crippen LogP contribution >= 0.6 is 0 Å². The minimum atomic E-state index is 0.721. The van der Waals surface area contributed by atoms with Gasteiger partial charge < -0.3 is 10.2 Å². The first kappa shape index (κ1) is 13.3. The van der Waals surface area contributed by atoms with E-state index in [-0.39, 0.29) is 0 Å². The van der Waals surface area contributed by atoms with E-state index < -0.39 is 0 Å². The highest BCUT2D eigenvalue weighted by Gasteiger charge is 2.28. The molecule has 0 radical (unpaired) electrons. The third kappa shape index (κ3) is 3.67. The van der Waals surface area contributed by atoms with E-state index in [0.29, 0.717) is 0 Å². The van der Waals surface area contributed by atoms with Crippen LogP contribution in [0.4, 0.5) is 0 Å². The summed E-state index contributed by atoms with van der Waals surface area (Å²) in [5, 5.41) is 3.58. The fourth-order valence-electron chi connectivity index (χ4n) is 3.39. The molecule has 1 aliphatic heterocycles. The molecule has 0 spiro atoms. The second-order valence-corrected chi connectivity index (χ2v) is 5.79. The maximum absolute atomic E-state index is 3.58. The van der Waals surface area contributed by atoms with E-state index in [1.165, 1.54) is 64.7 Å². The average molecular weight is 239 g/mol. The predicted octanol–water partition coefficient (Wildman–Crippen LogP) is 1.54. The maximum Gasteiger partial charge on any atom is 0.0250 e. The molecule has 0 aromatic carbocycles. The Hall–Kier alpha value is -0.120. The molecule has 0 amide bonds. The molecule has 100 valence electrons. The van der Waals surface area contributed by atoms with Crippen molar-refractivity contribution in [3.63, 3.8) is 0 Å². The van der Waals surface area contributed by atoms with Gasteiger partial charge in [0.15, 0.2) is 0 Å². The molecule has 2 aliphatic rings. The van der Waals surface area contributed by atoms with Crippen LogP contribution in [0.15, 0.2) is 0 Å². The van der Waals surface area contributed by atoms with E-state index >= 15 is 0 Å². The summed E-state index contributed by atoms with van der Waals surface area (Å²) < 4.78 is 0.